The number of rotatable bonds is 5. The molecule has 0 saturated carbocycles. The third kappa shape index (κ3) is 5.11. The minimum absolute atomic E-state index is 0.169. The molecule has 3 rings (SSSR count). The summed E-state index contributed by atoms with van der Waals surface area (Å²) in [6, 6.07) is 14.1. The number of morpholine rings is 1. The van der Waals surface area contributed by atoms with Crippen LogP contribution in [0, 0.1) is 0 Å². The van der Waals surface area contributed by atoms with Crippen LogP contribution in [0.2, 0.25) is 0 Å². The van der Waals surface area contributed by atoms with Crippen molar-refractivity contribution in [2.45, 2.75) is 17.5 Å². The molecular formula is C19H22BrN3O4S. The van der Waals surface area contributed by atoms with Crippen molar-refractivity contribution in [1.82, 2.24) is 14.9 Å². The van der Waals surface area contributed by atoms with Crippen LogP contribution >= 0.6 is 15.9 Å². The van der Waals surface area contributed by atoms with E-state index >= 15 is 0 Å². The summed E-state index contributed by atoms with van der Waals surface area (Å²) in [4.78, 5) is 14.5. The Hall–Kier alpha value is -1.94. The van der Waals surface area contributed by atoms with E-state index in [1.165, 1.54) is 13.1 Å². The van der Waals surface area contributed by atoms with Gasteiger partial charge in [0.15, 0.2) is 0 Å². The Balaban J connectivity index is 1.61. The second-order valence-electron chi connectivity index (χ2n) is 6.37. The average molecular weight is 468 g/mol. The summed E-state index contributed by atoms with van der Waals surface area (Å²) < 4.78 is 32.9. The maximum absolute atomic E-state index is 12.6. The number of carbonyl (C=O) groups excluding carboxylic acids is 1. The van der Waals surface area contributed by atoms with Gasteiger partial charge in [-0.2, -0.15) is 0 Å². The first kappa shape index (κ1) is 20.8. The Morgan fingerprint density at radius 2 is 2.04 bits per heavy atom. The Morgan fingerprint density at radius 3 is 2.79 bits per heavy atom. The van der Waals surface area contributed by atoms with Crippen molar-refractivity contribution >= 4 is 32.0 Å². The number of ether oxygens (including phenoxy) is 1. The summed E-state index contributed by atoms with van der Waals surface area (Å²) >= 11 is 3.45. The molecule has 2 amide bonds. The van der Waals surface area contributed by atoms with Crippen molar-refractivity contribution in [3.8, 4) is 0 Å². The fraction of sp³-hybridized carbons (Fsp3) is 0.316. The molecule has 1 atom stereocenters. The minimum atomic E-state index is -3.51. The van der Waals surface area contributed by atoms with Crippen molar-refractivity contribution in [2.24, 2.45) is 0 Å². The fourth-order valence-electron chi connectivity index (χ4n) is 2.97. The first-order valence-corrected chi connectivity index (χ1v) is 11.1. The summed E-state index contributed by atoms with van der Waals surface area (Å²) in [7, 11) is -2.15. The first-order valence-electron chi connectivity index (χ1n) is 8.81. The standard InChI is InChI=1S/C19H22BrN3O4S/c1-21-28(25,26)17-7-2-4-14(10-17)12-22-19(24)23-8-9-27-18(13-23)15-5-3-6-16(20)11-15/h2-7,10-11,18,21H,8-9,12-13H2,1H3,(H,22,24). The van der Waals surface area contributed by atoms with Gasteiger partial charge in [0.25, 0.3) is 0 Å². The third-order valence-corrected chi connectivity index (χ3v) is 6.40. The molecule has 2 aromatic carbocycles. The van der Waals surface area contributed by atoms with E-state index in [1.807, 2.05) is 24.3 Å². The summed E-state index contributed by atoms with van der Waals surface area (Å²) in [6.45, 7) is 1.66. The van der Waals surface area contributed by atoms with Gasteiger partial charge in [-0.25, -0.2) is 17.9 Å². The molecule has 9 heteroatoms. The SMILES string of the molecule is CNS(=O)(=O)c1cccc(CNC(=O)N2CCOC(c3cccc(Br)c3)C2)c1. The molecule has 1 fully saturated rings. The summed E-state index contributed by atoms with van der Waals surface area (Å²) in [5, 5.41) is 2.86. The van der Waals surface area contributed by atoms with Crippen LogP contribution in [0.1, 0.15) is 17.2 Å². The lowest BCUT2D eigenvalue weighted by atomic mass is 10.1. The molecule has 0 radical (unpaired) electrons. The predicted molar refractivity (Wildman–Crippen MR) is 109 cm³/mol. The van der Waals surface area contributed by atoms with Gasteiger partial charge in [0, 0.05) is 17.6 Å². The highest BCUT2D eigenvalue weighted by molar-refractivity contribution is 9.10. The number of hydrogen-bond donors (Lipinski definition) is 2. The zero-order valence-corrected chi connectivity index (χ0v) is 17.8. The Labute approximate surface area is 173 Å². The molecule has 1 aliphatic heterocycles. The Kier molecular flexibility index (Phi) is 6.71. The first-order chi connectivity index (χ1) is 13.4. The number of halogens is 1. The zero-order chi connectivity index (χ0) is 20.1. The molecule has 0 spiro atoms. The molecule has 28 heavy (non-hydrogen) atoms. The molecule has 150 valence electrons. The smallest absolute Gasteiger partial charge is 0.317 e. The van der Waals surface area contributed by atoms with Gasteiger partial charge < -0.3 is 15.0 Å². The number of sulfonamides is 1. The van der Waals surface area contributed by atoms with Gasteiger partial charge in [-0.05, 0) is 42.4 Å². The van der Waals surface area contributed by atoms with E-state index in [1.54, 1.807) is 23.1 Å². The van der Waals surface area contributed by atoms with Crippen LogP contribution in [0.15, 0.2) is 57.9 Å². The number of benzene rings is 2. The quantitative estimate of drug-likeness (QED) is 0.707. The lowest BCUT2D eigenvalue weighted by molar-refractivity contribution is -0.0155. The summed E-state index contributed by atoms with van der Waals surface area (Å²) in [5.74, 6) is 0. The van der Waals surface area contributed by atoms with Gasteiger partial charge in [-0.3, -0.25) is 0 Å². The number of nitrogens with one attached hydrogen (secondary N) is 2. The third-order valence-electron chi connectivity index (χ3n) is 4.50. The average Bonchev–Trinajstić information content (AvgIpc) is 2.72. The van der Waals surface area contributed by atoms with E-state index in [0.717, 1.165) is 10.0 Å². The number of amides is 2. The molecule has 1 unspecified atom stereocenters. The van der Waals surface area contributed by atoms with Crippen LogP contribution in [-0.4, -0.2) is 46.1 Å². The van der Waals surface area contributed by atoms with Crippen LogP contribution in [0.25, 0.3) is 0 Å². The molecule has 0 aliphatic carbocycles. The number of hydrogen-bond acceptors (Lipinski definition) is 4. The van der Waals surface area contributed by atoms with Crippen molar-refractivity contribution in [1.29, 1.82) is 0 Å². The van der Waals surface area contributed by atoms with Gasteiger partial charge >= 0.3 is 6.03 Å². The van der Waals surface area contributed by atoms with E-state index in [9.17, 15) is 13.2 Å². The molecule has 7 nitrogen and oxygen atoms in total. The highest BCUT2D eigenvalue weighted by atomic mass is 79.9. The van der Waals surface area contributed by atoms with Crippen LogP contribution in [0.5, 0.6) is 0 Å². The highest BCUT2D eigenvalue weighted by Crippen LogP contribution is 2.24. The van der Waals surface area contributed by atoms with Gasteiger partial charge in [0.05, 0.1) is 18.0 Å². The van der Waals surface area contributed by atoms with Crippen LogP contribution in [0.3, 0.4) is 0 Å². The zero-order valence-electron chi connectivity index (χ0n) is 15.4. The van der Waals surface area contributed by atoms with Crippen molar-refractivity contribution in [3.63, 3.8) is 0 Å². The number of nitrogens with zero attached hydrogens (tertiary/aromatic N) is 1. The largest absolute Gasteiger partial charge is 0.370 e. The van der Waals surface area contributed by atoms with Crippen molar-refractivity contribution in [2.75, 3.05) is 26.7 Å². The predicted octanol–water partition coefficient (Wildman–Crippen LogP) is 2.64. The topological polar surface area (TPSA) is 87.7 Å². The van der Waals surface area contributed by atoms with Crippen molar-refractivity contribution in [3.05, 3.63) is 64.1 Å². The molecule has 1 saturated heterocycles. The maximum atomic E-state index is 12.6. The number of carbonyl (C=O) groups is 1. The van der Waals surface area contributed by atoms with E-state index in [0.29, 0.717) is 25.3 Å². The second-order valence-corrected chi connectivity index (χ2v) is 9.18. The lowest BCUT2D eigenvalue weighted by Gasteiger charge is -2.33. The minimum Gasteiger partial charge on any atom is -0.370 e. The molecular weight excluding hydrogens is 446 g/mol. The molecule has 1 heterocycles. The molecule has 2 N–H and O–H groups in total. The van der Waals surface area contributed by atoms with Crippen LogP contribution in [-0.2, 0) is 21.3 Å². The summed E-state index contributed by atoms with van der Waals surface area (Å²) in [6.07, 6.45) is -0.180. The molecule has 0 aromatic heterocycles. The van der Waals surface area contributed by atoms with Gasteiger partial charge in [-0.15, -0.1) is 0 Å². The summed E-state index contributed by atoms with van der Waals surface area (Å²) in [5.41, 5.74) is 1.72. The van der Waals surface area contributed by atoms with Crippen molar-refractivity contribution < 1.29 is 17.9 Å². The molecule has 2 aromatic rings. The van der Waals surface area contributed by atoms with E-state index in [2.05, 4.69) is 26.0 Å². The van der Waals surface area contributed by atoms with Gasteiger partial charge in [0.2, 0.25) is 10.0 Å². The lowest BCUT2D eigenvalue weighted by Crippen LogP contribution is -2.46. The van der Waals surface area contributed by atoms with Gasteiger partial charge in [0.1, 0.15) is 6.10 Å². The van der Waals surface area contributed by atoms with E-state index in [4.69, 9.17) is 4.74 Å². The normalized spacial score (nSPS) is 17.4. The monoisotopic (exact) mass is 467 g/mol. The maximum Gasteiger partial charge on any atom is 0.317 e. The van der Waals surface area contributed by atoms with Crippen LogP contribution < -0.4 is 10.0 Å². The van der Waals surface area contributed by atoms with Gasteiger partial charge in [-0.1, -0.05) is 40.2 Å². The fourth-order valence-corrected chi connectivity index (χ4v) is 4.19. The highest BCUT2D eigenvalue weighted by Gasteiger charge is 2.25. The molecule has 0 bridgehead atoms. The number of urea groups is 1. The Bertz CT molecular complexity index is 952. The van der Waals surface area contributed by atoms with Crippen LogP contribution in [0.4, 0.5) is 4.79 Å². The van der Waals surface area contributed by atoms with E-state index in [-0.39, 0.29) is 23.6 Å². The van der Waals surface area contributed by atoms with E-state index < -0.39 is 10.0 Å². The molecule has 1 aliphatic rings. The Morgan fingerprint density at radius 1 is 1.25 bits per heavy atom. The second kappa shape index (κ2) is 9.04.